The van der Waals surface area contributed by atoms with E-state index >= 15 is 0 Å². The molecule has 1 unspecified atom stereocenters. The van der Waals surface area contributed by atoms with Crippen molar-refractivity contribution in [2.75, 3.05) is 13.1 Å². The van der Waals surface area contributed by atoms with Crippen LogP contribution >= 0.6 is 0 Å². The Balaban J connectivity index is 2.06. The number of amides is 1. The van der Waals surface area contributed by atoms with Crippen LogP contribution in [0.4, 0.5) is 0 Å². The second kappa shape index (κ2) is 4.85. The molecule has 1 fully saturated rings. The van der Waals surface area contributed by atoms with Crippen molar-refractivity contribution in [3.8, 4) is 0 Å². The number of β-amino-alcohol motifs (C(OH)–C–C–N with tert-alkyl or cyclic N) is 1. The van der Waals surface area contributed by atoms with Crippen LogP contribution in [0.15, 0.2) is 24.3 Å². The lowest BCUT2D eigenvalue weighted by atomic mass is 10.1. The van der Waals surface area contributed by atoms with Crippen molar-refractivity contribution in [2.24, 2.45) is 5.73 Å². The van der Waals surface area contributed by atoms with Gasteiger partial charge in [0.1, 0.15) is 6.04 Å². The van der Waals surface area contributed by atoms with E-state index in [9.17, 15) is 9.90 Å². The highest BCUT2D eigenvalue weighted by Gasteiger charge is 2.28. The van der Waals surface area contributed by atoms with Gasteiger partial charge in [0.2, 0.25) is 5.91 Å². The zero-order valence-electron chi connectivity index (χ0n) is 9.97. The van der Waals surface area contributed by atoms with Gasteiger partial charge in [0.05, 0.1) is 6.10 Å². The minimum Gasteiger partial charge on any atom is -0.391 e. The summed E-state index contributed by atoms with van der Waals surface area (Å²) in [5.41, 5.74) is 7.91. The zero-order valence-corrected chi connectivity index (χ0v) is 9.97. The van der Waals surface area contributed by atoms with Crippen molar-refractivity contribution in [1.82, 2.24) is 4.90 Å². The van der Waals surface area contributed by atoms with Gasteiger partial charge in [-0.15, -0.1) is 0 Å². The van der Waals surface area contributed by atoms with E-state index in [0.717, 1.165) is 11.1 Å². The standard InChI is InChI=1S/C13H18N2O2/c1-9-2-4-10(5-3-9)12(14)13(17)15-7-6-11(16)8-15/h2-5,11-12,16H,6-8,14H2,1H3/t11-,12?/m1/s1. The van der Waals surface area contributed by atoms with Crippen LogP contribution in [-0.4, -0.2) is 35.1 Å². The summed E-state index contributed by atoms with van der Waals surface area (Å²) in [7, 11) is 0. The predicted molar refractivity (Wildman–Crippen MR) is 65.3 cm³/mol. The summed E-state index contributed by atoms with van der Waals surface area (Å²) in [5, 5.41) is 9.40. The first-order chi connectivity index (χ1) is 8.08. The molecule has 0 aliphatic carbocycles. The van der Waals surface area contributed by atoms with Gasteiger partial charge in [-0.3, -0.25) is 4.79 Å². The molecule has 0 spiro atoms. The molecular weight excluding hydrogens is 216 g/mol. The number of hydrogen-bond acceptors (Lipinski definition) is 3. The quantitative estimate of drug-likeness (QED) is 0.787. The van der Waals surface area contributed by atoms with Crippen LogP contribution in [0.1, 0.15) is 23.6 Å². The number of aliphatic hydroxyl groups is 1. The highest BCUT2D eigenvalue weighted by atomic mass is 16.3. The van der Waals surface area contributed by atoms with Gasteiger partial charge < -0.3 is 15.7 Å². The number of likely N-dealkylation sites (tertiary alicyclic amines) is 1. The molecule has 1 aliphatic heterocycles. The molecule has 92 valence electrons. The fourth-order valence-corrected chi connectivity index (χ4v) is 2.06. The van der Waals surface area contributed by atoms with Gasteiger partial charge in [0.15, 0.2) is 0 Å². The molecule has 2 rings (SSSR count). The van der Waals surface area contributed by atoms with Crippen LogP contribution in [0.5, 0.6) is 0 Å². The number of nitrogens with two attached hydrogens (primary N) is 1. The summed E-state index contributed by atoms with van der Waals surface area (Å²) in [6.45, 7) is 2.99. The lowest BCUT2D eigenvalue weighted by Gasteiger charge is -2.20. The molecule has 0 saturated carbocycles. The van der Waals surface area contributed by atoms with Crippen molar-refractivity contribution in [3.63, 3.8) is 0 Å². The Hall–Kier alpha value is -1.39. The highest BCUT2D eigenvalue weighted by Crippen LogP contribution is 2.17. The summed E-state index contributed by atoms with van der Waals surface area (Å²) in [6.07, 6.45) is 0.246. The molecule has 0 bridgehead atoms. The van der Waals surface area contributed by atoms with E-state index in [4.69, 9.17) is 5.73 Å². The third kappa shape index (κ3) is 2.65. The molecule has 3 N–H and O–H groups in total. The molecule has 1 amide bonds. The maximum atomic E-state index is 12.1. The smallest absolute Gasteiger partial charge is 0.244 e. The van der Waals surface area contributed by atoms with Crippen molar-refractivity contribution < 1.29 is 9.90 Å². The van der Waals surface area contributed by atoms with E-state index in [1.54, 1.807) is 4.90 Å². The van der Waals surface area contributed by atoms with Crippen LogP contribution in [0, 0.1) is 6.92 Å². The Morgan fingerprint density at radius 2 is 2.12 bits per heavy atom. The number of nitrogens with zero attached hydrogens (tertiary/aromatic N) is 1. The summed E-state index contributed by atoms with van der Waals surface area (Å²) >= 11 is 0. The van der Waals surface area contributed by atoms with Gasteiger partial charge in [-0.2, -0.15) is 0 Å². The first-order valence-corrected chi connectivity index (χ1v) is 5.87. The van der Waals surface area contributed by atoms with Crippen molar-refractivity contribution >= 4 is 5.91 Å². The fourth-order valence-electron chi connectivity index (χ4n) is 2.06. The van der Waals surface area contributed by atoms with Gasteiger partial charge in [-0.05, 0) is 18.9 Å². The van der Waals surface area contributed by atoms with Crippen molar-refractivity contribution in [2.45, 2.75) is 25.5 Å². The third-order valence-electron chi connectivity index (χ3n) is 3.18. The van der Waals surface area contributed by atoms with Gasteiger partial charge in [-0.25, -0.2) is 0 Å². The van der Waals surface area contributed by atoms with Gasteiger partial charge >= 0.3 is 0 Å². The van der Waals surface area contributed by atoms with Crippen molar-refractivity contribution in [3.05, 3.63) is 35.4 Å². The van der Waals surface area contributed by atoms with Crippen molar-refractivity contribution in [1.29, 1.82) is 0 Å². The Morgan fingerprint density at radius 1 is 1.47 bits per heavy atom. The highest BCUT2D eigenvalue weighted by molar-refractivity contribution is 5.83. The minimum absolute atomic E-state index is 0.106. The first kappa shape index (κ1) is 12.1. The van der Waals surface area contributed by atoms with Crippen LogP contribution in [0.3, 0.4) is 0 Å². The molecule has 0 radical (unpaired) electrons. The summed E-state index contributed by atoms with van der Waals surface area (Å²) in [4.78, 5) is 13.7. The van der Waals surface area contributed by atoms with E-state index in [1.165, 1.54) is 0 Å². The Morgan fingerprint density at radius 3 is 2.65 bits per heavy atom. The molecule has 17 heavy (non-hydrogen) atoms. The molecule has 0 aromatic heterocycles. The van der Waals surface area contributed by atoms with Crippen LogP contribution in [0.2, 0.25) is 0 Å². The van der Waals surface area contributed by atoms with E-state index in [2.05, 4.69) is 0 Å². The van der Waals surface area contributed by atoms with Crippen LogP contribution < -0.4 is 5.73 Å². The van der Waals surface area contributed by atoms with E-state index < -0.39 is 12.1 Å². The fraction of sp³-hybridized carbons (Fsp3) is 0.462. The van der Waals surface area contributed by atoms with E-state index in [-0.39, 0.29) is 5.91 Å². The average Bonchev–Trinajstić information content (AvgIpc) is 2.75. The maximum absolute atomic E-state index is 12.1. The lowest BCUT2D eigenvalue weighted by Crippen LogP contribution is -2.37. The number of carbonyl (C=O) groups is 1. The van der Waals surface area contributed by atoms with Crippen LogP contribution in [-0.2, 0) is 4.79 Å². The van der Waals surface area contributed by atoms with Gasteiger partial charge in [0.25, 0.3) is 0 Å². The predicted octanol–water partition coefficient (Wildman–Crippen LogP) is 0.588. The average molecular weight is 234 g/mol. The largest absolute Gasteiger partial charge is 0.391 e. The topological polar surface area (TPSA) is 66.6 Å². The third-order valence-corrected chi connectivity index (χ3v) is 3.18. The second-order valence-electron chi connectivity index (χ2n) is 4.62. The summed E-state index contributed by atoms with van der Waals surface area (Å²) < 4.78 is 0. The molecular formula is C13H18N2O2. The normalized spacial score (nSPS) is 21.6. The number of rotatable bonds is 2. The number of aryl methyl sites for hydroxylation is 1. The molecule has 1 aliphatic rings. The zero-order chi connectivity index (χ0) is 12.4. The molecule has 1 aromatic rings. The number of benzene rings is 1. The van der Waals surface area contributed by atoms with E-state index in [1.807, 2.05) is 31.2 Å². The molecule has 1 heterocycles. The number of carbonyl (C=O) groups excluding carboxylic acids is 1. The first-order valence-electron chi connectivity index (χ1n) is 5.87. The Labute approximate surface area is 101 Å². The van der Waals surface area contributed by atoms with E-state index in [0.29, 0.717) is 19.5 Å². The Kier molecular flexibility index (Phi) is 3.45. The minimum atomic E-state index is -0.624. The van der Waals surface area contributed by atoms with Gasteiger partial charge in [0, 0.05) is 13.1 Å². The molecule has 1 aromatic carbocycles. The summed E-state index contributed by atoms with van der Waals surface area (Å²) in [5.74, 6) is -0.106. The number of hydrogen-bond donors (Lipinski definition) is 2. The second-order valence-corrected chi connectivity index (χ2v) is 4.62. The monoisotopic (exact) mass is 234 g/mol. The lowest BCUT2D eigenvalue weighted by molar-refractivity contribution is -0.132. The number of aliphatic hydroxyl groups excluding tert-OH is 1. The molecule has 4 heteroatoms. The SMILES string of the molecule is Cc1ccc(C(N)C(=O)N2CC[C@@H](O)C2)cc1. The maximum Gasteiger partial charge on any atom is 0.244 e. The van der Waals surface area contributed by atoms with Gasteiger partial charge in [-0.1, -0.05) is 29.8 Å². The summed E-state index contributed by atoms with van der Waals surface area (Å²) in [6, 6.07) is 7.03. The molecule has 1 saturated heterocycles. The molecule has 2 atom stereocenters. The molecule has 4 nitrogen and oxygen atoms in total. The van der Waals surface area contributed by atoms with Crippen LogP contribution in [0.25, 0.3) is 0 Å². The Bertz CT molecular complexity index is 402.